The number of aryl methyl sites for hydroxylation is 1. The molecule has 0 radical (unpaired) electrons. The van der Waals surface area contributed by atoms with E-state index in [1.807, 2.05) is 0 Å². The van der Waals surface area contributed by atoms with Crippen molar-refractivity contribution in [1.82, 2.24) is 5.32 Å². The maximum atomic E-state index is 3.70. The van der Waals surface area contributed by atoms with Crippen molar-refractivity contribution < 1.29 is 0 Å². The fraction of sp³-hybridized carbons (Fsp3) is 0.667. The molecule has 1 saturated carbocycles. The van der Waals surface area contributed by atoms with Gasteiger partial charge in [-0.1, -0.05) is 51.0 Å². The first kappa shape index (κ1) is 14.6. The van der Waals surface area contributed by atoms with E-state index < -0.39 is 0 Å². The van der Waals surface area contributed by atoms with Crippen LogP contribution in [0.25, 0.3) is 0 Å². The summed E-state index contributed by atoms with van der Waals surface area (Å²) in [5.74, 6) is 0. The third-order valence-electron chi connectivity index (χ3n) is 4.69. The Kier molecular flexibility index (Phi) is 5.04. The largest absolute Gasteiger partial charge is 0.310 e. The van der Waals surface area contributed by atoms with E-state index in [1.165, 1.54) is 49.7 Å². The van der Waals surface area contributed by atoms with Gasteiger partial charge in [-0.2, -0.15) is 0 Å². The van der Waals surface area contributed by atoms with E-state index in [2.05, 4.69) is 50.4 Å². The Bertz CT molecular complexity index is 375. The first-order valence-corrected chi connectivity index (χ1v) is 7.95. The highest BCUT2D eigenvalue weighted by Crippen LogP contribution is 2.39. The number of benzene rings is 1. The molecule has 1 N–H and O–H groups in total. The van der Waals surface area contributed by atoms with Crippen molar-refractivity contribution in [3.8, 4) is 0 Å². The van der Waals surface area contributed by atoms with Gasteiger partial charge in [0, 0.05) is 12.6 Å². The van der Waals surface area contributed by atoms with Gasteiger partial charge in [-0.3, -0.25) is 0 Å². The quantitative estimate of drug-likeness (QED) is 0.736. The third-order valence-corrected chi connectivity index (χ3v) is 4.69. The molecule has 1 aliphatic rings. The summed E-state index contributed by atoms with van der Waals surface area (Å²) in [5.41, 5.74) is 3.46. The summed E-state index contributed by atoms with van der Waals surface area (Å²) in [6.07, 6.45) is 7.99. The zero-order chi connectivity index (χ0) is 13.7. The molecular weight excluding hydrogens is 230 g/mol. The second-order valence-electron chi connectivity index (χ2n) is 6.61. The number of hydrogen-bond donors (Lipinski definition) is 1. The lowest BCUT2D eigenvalue weighted by Crippen LogP contribution is -2.38. The average molecular weight is 259 g/mol. The Labute approximate surface area is 118 Å². The topological polar surface area (TPSA) is 12.0 Å². The second kappa shape index (κ2) is 6.56. The molecule has 1 fully saturated rings. The molecule has 1 unspecified atom stereocenters. The van der Waals surface area contributed by atoms with Crippen LogP contribution in [-0.4, -0.2) is 6.54 Å². The predicted octanol–water partition coefficient (Wildman–Crippen LogP) is 4.87. The van der Waals surface area contributed by atoms with Crippen molar-refractivity contribution in [2.45, 2.75) is 65.3 Å². The van der Waals surface area contributed by atoms with E-state index in [0.29, 0.717) is 11.5 Å². The van der Waals surface area contributed by atoms with Gasteiger partial charge in [0.05, 0.1) is 0 Å². The molecule has 1 atom stereocenters. The summed E-state index contributed by atoms with van der Waals surface area (Å²) >= 11 is 0. The molecule has 106 valence electrons. The number of hydrogen-bond acceptors (Lipinski definition) is 1. The summed E-state index contributed by atoms with van der Waals surface area (Å²) in [6, 6.07) is 9.66. The molecule has 0 aliphatic heterocycles. The second-order valence-corrected chi connectivity index (χ2v) is 6.61. The van der Waals surface area contributed by atoms with Crippen LogP contribution in [0.3, 0.4) is 0 Å². The van der Waals surface area contributed by atoms with E-state index in [4.69, 9.17) is 0 Å². The van der Waals surface area contributed by atoms with Crippen LogP contribution in [0.1, 0.15) is 70.0 Å². The molecule has 1 aliphatic carbocycles. The van der Waals surface area contributed by atoms with E-state index in [9.17, 15) is 0 Å². The van der Waals surface area contributed by atoms with Gasteiger partial charge in [-0.05, 0) is 49.1 Å². The molecule has 19 heavy (non-hydrogen) atoms. The molecule has 0 heterocycles. The van der Waals surface area contributed by atoms with Gasteiger partial charge in [0.25, 0.3) is 0 Å². The molecule has 0 spiro atoms. The van der Waals surface area contributed by atoms with Gasteiger partial charge in [0.2, 0.25) is 0 Å². The molecule has 0 saturated heterocycles. The molecule has 1 aromatic carbocycles. The van der Waals surface area contributed by atoms with Gasteiger partial charge < -0.3 is 5.32 Å². The Hall–Kier alpha value is -0.820. The van der Waals surface area contributed by atoms with E-state index in [0.717, 1.165) is 6.54 Å². The number of nitrogens with one attached hydrogen (secondary N) is 1. The van der Waals surface area contributed by atoms with Crippen molar-refractivity contribution in [3.63, 3.8) is 0 Å². The molecule has 1 heteroatoms. The first-order valence-electron chi connectivity index (χ1n) is 7.95. The number of unbranched alkanes of at least 4 members (excludes halogenated alkanes) is 1. The van der Waals surface area contributed by atoms with Crippen LogP contribution in [0.15, 0.2) is 24.3 Å². The standard InChI is InChI=1S/C18H29N/c1-4-5-7-16-8-10-17(11-9-16)15(2)19-14-18(3)12-6-13-18/h8-11,15,19H,4-7,12-14H2,1-3H3. The van der Waals surface area contributed by atoms with Crippen LogP contribution in [-0.2, 0) is 6.42 Å². The SMILES string of the molecule is CCCCc1ccc(C(C)NCC2(C)CCC2)cc1. The summed E-state index contributed by atoms with van der Waals surface area (Å²) in [4.78, 5) is 0. The van der Waals surface area contributed by atoms with Crippen molar-refractivity contribution in [1.29, 1.82) is 0 Å². The highest BCUT2D eigenvalue weighted by atomic mass is 14.9. The minimum Gasteiger partial charge on any atom is -0.310 e. The van der Waals surface area contributed by atoms with Gasteiger partial charge in [0.15, 0.2) is 0 Å². The molecule has 1 nitrogen and oxygen atoms in total. The predicted molar refractivity (Wildman–Crippen MR) is 83.4 cm³/mol. The minimum absolute atomic E-state index is 0.470. The molecule has 0 bridgehead atoms. The molecule has 0 amide bonds. The van der Waals surface area contributed by atoms with E-state index in [-0.39, 0.29) is 0 Å². The van der Waals surface area contributed by atoms with E-state index in [1.54, 1.807) is 0 Å². The fourth-order valence-corrected chi connectivity index (χ4v) is 2.83. The van der Waals surface area contributed by atoms with Crippen LogP contribution < -0.4 is 5.32 Å². The Morgan fingerprint density at radius 2 is 1.89 bits per heavy atom. The Morgan fingerprint density at radius 3 is 2.42 bits per heavy atom. The Balaban J connectivity index is 1.82. The van der Waals surface area contributed by atoms with Gasteiger partial charge in [-0.25, -0.2) is 0 Å². The normalized spacial score (nSPS) is 18.9. The van der Waals surface area contributed by atoms with Gasteiger partial charge in [-0.15, -0.1) is 0 Å². The van der Waals surface area contributed by atoms with Crippen molar-refractivity contribution in [2.24, 2.45) is 5.41 Å². The van der Waals surface area contributed by atoms with Crippen LogP contribution in [0.2, 0.25) is 0 Å². The van der Waals surface area contributed by atoms with Gasteiger partial charge >= 0.3 is 0 Å². The number of rotatable bonds is 7. The zero-order valence-electron chi connectivity index (χ0n) is 12.8. The highest BCUT2D eigenvalue weighted by molar-refractivity contribution is 5.24. The summed E-state index contributed by atoms with van der Waals surface area (Å²) < 4.78 is 0. The molecule has 2 rings (SSSR count). The summed E-state index contributed by atoms with van der Waals surface area (Å²) in [7, 11) is 0. The minimum atomic E-state index is 0.470. The molecular formula is C18H29N. The Morgan fingerprint density at radius 1 is 1.21 bits per heavy atom. The van der Waals surface area contributed by atoms with Crippen LogP contribution in [0.4, 0.5) is 0 Å². The lowest BCUT2D eigenvalue weighted by atomic mass is 9.70. The first-order chi connectivity index (χ1) is 9.13. The maximum Gasteiger partial charge on any atom is 0.0292 e. The molecule has 1 aromatic rings. The van der Waals surface area contributed by atoms with Gasteiger partial charge in [0.1, 0.15) is 0 Å². The van der Waals surface area contributed by atoms with Crippen LogP contribution >= 0.6 is 0 Å². The lowest BCUT2D eigenvalue weighted by molar-refractivity contribution is 0.152. The van der Waals surface area contributed by atoms with E-state index >= 15 is 0 Å². The van der Waals surface area contributed by atoms with Crippen molar-refractivity contribution in [3.05, 3.63) is 35.4 Å². The van der Waals surface area contributed by atoms with Crippen LogP contribution in [0.5, 0.6) is 0 Å². The third kappa shape index (κ3) is 4.07. The van der Waals surface area contributed by atoms with Crippen molar-refractivity contribution in [2.75, 3.05) is 6.54 Å². The highest BCUT2D eigenvalue weighted by Gasteiger charge is 2.31. The van der Waals surface area contributed by atoms with Crippen molar-refractivity contribution >= 4 is 0 Å². The van der Waals surface area contributed by atoms with Crippen LogP contribution in [0, 0.1) is 5.41 Å². The zero-order valence-corrected chi connectivity index (χ0v) is 12.8. The fourth-order valence-electron chi connectivity index (χ4n) is 2.83. The monoisotopic (exact) mass is 259 g/mol. The lowest BCUT2D eigenvalue weighted by Gasteiger charge is -2.39. The molecule has 0 aromatic heterocycles. The average Bonchev–Trinajstić information content (AvgIpc) is 2.41. The smallest absolute Gasteiger partial charge is 0.0292 e. The summed E-state index contributed by atoms with van der Waals surface area (Å²) in [5, 5.41) is 3.70. The maximum absolute atomic E-state index is 3.70. The summed E-state index contributed by atoms with van der Waals surface area (Å²) in [6.45, 7) is 8.10.